The normalized spacial score (nSPS) is 12.4. The van der Waals surface area contributed by atoms with Gasteiger partial charge in [-0.1, -0.05) is 42.1 Å². The third kappa shape index (κ3) is 3.45. The number of ether oxygens (including phenoxy) is 2. The molecule has 0 fully saturated rings. The summed E-state index contributed by atoms with van der Waals surface area (Å²) >= 11 is 2.93. The summed E-state index contributed by atoms with van der Waals surface area (Å²) in [6, 6.07) is 15.0. The van der Waals surface area contributed by atoms with E-state index in [2.05, 4.69) is 15.2 Å². The monoisotopic (exact) mass is 421 g/mol. The number of rotatable bonds is 5. The second-order valence-electron chi connectivity index (χ2n) is 6.41. The molecule has 2 aromatic carbocycles. The summed E-state index contributed by atoms with van der Waals surface area (Å²) in [5, 5.41) is 10.4. The van der Waals surface area contributed by atoms with E-state index in [9.17, 15) is 4.79 Å². The smallest absolute Gasteiger partial charge is 0.231 e. The van der Waals surface area contributed by atoms with E-state index >= 15 is 0 Å². The van der Waals surface area contributed by atoms with Gasteiger partial charge in [0.05, 0.1) is 15.5 Å². The summed E-state index contributed by atoms with van der Waals surface area (Å²) in [5.41, 5.74) is 3.12. The first-order valence-corrected chi connectivity index (χ1v) is 10.7. The van der Waals surface area contributed by atoms with Crippen LogP contribution in [0.3, 0.4) is 0 Å². The molecule has 0 spiro atoms. The molecule has 0 unspecified atom stereocenters. The quantitative estimate of drug-likeness (QED) is 0.339. The summed E-state index contributed by atoms with van der Waals surface area (Å²) in [7, 11) is 0. The van der Waals surface area contributed by atoms with Crippen LogP contribution in [-0.4, -0.2) is 33.5 Å². The van der Waals surface area contributed by atoms with Crippen LogP contribution in [0.4, 0.5) is 0 Å². The molecule has 4 aromatic rings. The number of hydrogen-bond donors (Lipinski definition) is 0. The number of aromatic nitrogens is 3. The Morgan fingerprint density at radius 3 is 2.79 bits per heavy atom. The average Bonchev–Trinajstić information content (AvgIpc) is 3.37. The van der Waals surface area contributed by atoms with Crippen molar-refractivity contribution in [1.82, 2.24) is 15.2 Å². The number of carbonyl (C=O) groups is 1. The Hall–Kier alpha value is -2.97. The lowest BCUT2D eigenvalue weighted by Crippen LogP contribution is -2.03. The highest BCUT2D eigenvalue weighted by molar-refractivity contribution is 8.00. The van der Waals surface area contributed by atoms with Gasteiger partial charge in [-0.25, -0.2) is 4.98 Å². The number of aryl methyl sites for hydroxylation is 1. The highest BCUT2D eigenvalue weighted by atomic mass is 32.2. The van der Waals surface area contributed by atoms with Crippen LogP contribution in [0, 0.1) is 6.92 Å². The SMILES string of the molecule is Cc1nc2c(SCC(=O)c3ccccc3)nnc(-c3ccc4c(c3)OCO4)c2s1. The summed E-state index contributed by atoms with van der Waals surface area (Å²) in [6.07, 6.45) is 0. The molecule has 3 heterocycles. The Balaban J connectivity index is 1.48. The zero-order valence-corrected chi connectivity index (χ0v) is 17.0. The molecule has 0 atom stereocenters. The largest absolute Gasteiger partial charge is 0.454 e. The van der Waals surface area contributed by atoms with E-state index in [0.29, 0.717) is 16.3 Å². The molecule has 1 aliphatic heterocycles. The number of thiazole rings is 1. The number of thioether (sulfide) groups is 1. The molecule has 2 aromatic heterocycles. The maximum absolute atomic E-state index is 12.4. The predicted octanol–water partition coefficient (Wildman–Crippen LogP) is 4.77. The van der Waals surface area contributed by atoms with Crippen LogP contribution < -0.4 is 9.47 Å². The minimum absolute atomic E-state index is 0.0531. The molecule has 144 valence electrons. The van der Waals surface area contributed by atoms with Crippen molar-refractivity contribution >= 4 is 39.1 Å². The second-order valence-corrected chi connectivity index (χ2v) is 8.58. The van der Waals surface area contributed by atoms with E-state index < -0.39 is 0 Å². The van der Waals surface area contributed by atoms with Gasteiger partial charge in [-0.2, -0.15) is 0 Å². The van der Waals surface area contributed by atoms with Crippen LogP contribution in [0.5, 0.6) is 11.5 Å². The summed E-state index contributed by atoms with van der Waals surface area (Å²) in [6.45, 7) is 2.18. The topological polar surface area (TPSA) is 74.2 Å². The first-order chi connectivity index (χ1) is 14.2. The Labute approximate surface area is 174 Å². The van der Waals surface area contributed by atoms with Crippen LogP contribution in [0.1, 0.15) is 15.4 Å². The molecule has 29 heavy (non-hydrogen) atoms. The third-order valence-electron chi connectivity index (χ3n) is 4.47. The molecular formula is C21H15N3O3S2. The fourth-order valence-electron chi connectivity index (χ4n) is 3.09. The van der Waals surface area contributed by atoms with E-state index in [1.807, 2.05) is 55.5 Å². The van der Waals surface area contributed by atoms with Gasteiger partial charge >= 0.3 is 0 Å². The fourth-order valence-corrected chi connectivity index (χ4v) is 4.90. The van der Waals surface area contributed by atoms with Crippen molar-refractivity contribution in [3.63, 3.8) is 0 Å². The minimum atomic E-state index is 0.0531. The van der Waals surface area contributed by atoms with Crippen molar-refractivity contribution < 1.29 is 14.3 Å². The van der Waals surface area contributed by atoms with Gasteiger partial charge in [0, 0.05) is 11.1 Å². The van der Waals surface area contributed by atoms with E-state index in [4.69, 9.17) is 9.47 Å². The number of benzene rings is 2. The van der Waals surface area contributed by atoms with Gasteiger partial charge in [-0.15, -0.1) is 21.5 Å². The van der Waals surface area contributed by atoms with Gasteiger partial charge in [-0.05, 0) is 25.1 Å². The van der Waals surface area contributed by atoms with Gasteiger partial charge in [0.2, 0.25) is 6.79 Å². The first-order valence-electron chi connectivity index (χ1n) is 8.94. The molecular weight excluding hydrogens is 406 g/mol. The molecule has 5 rings (SSSR count). The number of Topliss-reactive ketones (excluding diaryl/α,β-unsaturated/α-hetero) is 1. The molecule has 0 radical (unpaired) electrons. The van der Waals surface area contributed by atoms with E-state index in [1.165, 1.54) is 11.8 Å². The number of ketones is 1. The van der Waals surface area contributed by atoms with Crippen LogP contribution in [0.25, 0.3) is 21.5 Å². The Kier molecular flexibility index (Phi) is 4.65. The number of nitrogens with zero attached hydrogens (tertiary/aromatic N) is 3. The summed E-state index contributed by atoms with van der Waals surface area (Å²) in [4.78, 5) is 17.1. The van der Waals surface area contributed by atoms with Gasteiger partial charge in [0.15, 0.2) is 17.3 Å². The zero-order chi connectivity index (χ0) is 19.8. The Morgan fingerprint density at radius 2 is 1.93 bits per heavy atom. The number of hydrogen-bond acceptors (Lipinski definition) is 8. The van der Waals surface area contributed by atoms with Crippen molar-refractivity contribution in [2.45, 2.75) is 11.9 Å². The van der Waals surface area contributed by atoms with Gasteiger partial charge in [0.25, 0.3) is 0 Å². The summed E-state index contributed by atoms with van der Waals surface area (Å²) in [5.74, 6) is 1.77. The van der Waals surface area contributed by atoms with Crippen molar-refractivity contribution in [3.05, 3.63) is 59.1 Å². The van der Waals surface area contributed by atoms with Crippen LogP contribution >= 0.6 is 23.1 Å². The number of fused-ring (bicyclic) bond motifs is 2. The van der Waals surface area contributed by atoms with E-state index in [0.717, 1.165) is 32.2 Å². The highest BCUT2D eigenvalue weighted by Crippen LogP contribution is 2.39. The molecule has 0 bridgehead atoms. The molecule has 0 amide bonds. The second kappa shape index (κ2) is 7.46. The molecule has 0 aliphatic carbocycles. The molecule has 0 saturated heterocycles. The first kappa shape index (κ1) is 18.1. The molecule has 1 aliphatic rings. The average molecular weight is 422 g/mol. The molecule has 6 nitrogen and oxygen atoms in total. The lowest BCUT2D eigenvalue weighted by atomic mass is 10.1. The fraction of sp³-hybridized carbons (Fsp3) is 0.143. The Morgan fingerprint density at radius 1 is 1.10 bits per heavy atom. The molecule has 0 N–H and O–H groups in total. The standard InChI is InChI=1S/C21H15N3O3S2/c1-12-22-19-20(29-12)18(14-7-8-16-17(9-14)27-11-26-16)23-24-21(19)28-10-15(25)13-5-3-2-4-6-13/h2-9H,10-11H2,1H3. The van der Waals surface area contributed by atoms with Crippen molar-refractivity contribution in [3.8, 4) is 22.8 Å². The Bertz CT molecular complexity index is 1220. The van der Waals surface area contributed by atoms with Crippen molar-refractivity contribution in [2.75, 3.05) is 12.5 Å². The zero-order valence-electron chi connectivity index (χ0n) is 15.4. The molecule has 0 saturated carbocycles. The maximum Gasteiger partial charge on any atom is 0.231 e. The van der Waals surface area contributed by atoms with Crippen LogP contribution in [-0.2, 0) is 0 Å². The minimum Gasteiger partial charge on any atom is -0.454 e. The van der Waals surface area contributed by atoms with Gasteiger partial charge in [-0.3, -0.25) is 4.79 Å². The van der Waals surface area contributed by atoms with Gasteiger partial charge < -0.3 is 9.47 Å². The van der Waals surface area contributed by atoms with Gasteiger partial charge in [0.1, 0.15) is 16.2 Å². The van der Waals surface area contributed by atoms with E-state index in [1.54, 1.807) is 11.3 Å². The highest BCUT2D eigenvalue weighted by Gasteiger charge is 2.20. The lowest BCUT2D eigenvalue weighted by molar-refractivity contribution is 0.102. The predicted molar refractivity (Wildman–Crippen MR) is 113 cm³/mol. The lowest BCUT2D eigenvalue weighted by Gasteiger charge is -2.06. The summed E-state index contributed by atoms with van der Waals surface area (Å²) < 4.78 is 11.8. The third-order valence-corrected chi connectivity index (χ3v) is 6.41. The van der Waals surface area contributed by atoms with E-state index in [-0.39, 0.29) is 18.3 Å². The van der Waals surface area contributed by atoms with Crippen LogP contribution in [0.15, 0.2) is 53.6 Å². The van der Waals surface area contributed by atoms with Crippen LogP contribution in [0.2, 0.25) is 0 Å². The molecule has 8 heteroatoms. The maximum atomic E-state index is 12.4. The number of carbonyl (C=O) groups excluding carboxylic acids is 1. The van der Waals surface area contributed by atoms with Crippen molar-refractivity contribution in [2.24, 2.45) is 0 Å². The van der Waals surface area contributed by atoms with Crippen molar-refractivity contribution in [1.29, 1.82) is 0 Å².